The molecule has 0 radical (unpaired) electrons. The Morgan fingerprint density at radius 3 is 2.55 bits per heavy atom. The van der Waals surface area contributed by atoms with Gasteiger partial charge in [0, 0.05) is 0 Å². The number of hydrogen-bond donors (Lipinski definition) is 2. The first kappa shape index (κ1) is 20.3. The Morgan fingerprint density at radius 1 is 1.13 bits per heavy atom. The van der Waals surface area contributed by atoms with Crippen LogP contribution in [0.5, 0.6) is 5.75 Å². The summed E-state index contributed by atoms with van der Waals surface area (Å²) in [4.78, 5) is 12.4. The smallest absolute Gasteiger partial charge is 0.295 e. The first-order chi connectivity index (χ1) is 14.9. The molecule has 10 heteroatoms. The summed E-state index contributed by atoms with van der Waals surface area (Å²) in [6, 6.07) is 14.7. The molecular weight excluding hydrogens is 423 g/mol. The van der Waals surface area contributed by atoms with Crippen molar-refractivity contribution in [3.63, 3.8) is 0 Å². The number of nitrogens with zero attached hydrogens (tertiary/aromatic N) is 5. The molecule has 8 nitrogen and oxygen atoms in total. The van der Waals surface area contributed by atoms with Crippen molar-refractivity contribution >= 4 is 23.7 Å². The van der Waals surface area contributed by atoms with Crippen LogP contribution in [-0.4, -0.2) is 36.8 Å². The highest BCUT2D eigenvalue weighted by molar-refractivity contribution is 6.32. The van der Waals surface area contributed by atoms with Crippen LogP contribution in [-0.2, 0) is 0 Å². The van der Waals surface area contributed by atoms with Gasteiger partial charge >= 0.3 is 0 Å². The number of amides is 1. The number of aromatic hydroxyl groups is 1. The third-order valence-corrected chi connectivity index (χ3v) is 4.77. The zero-order chi connectivity index (χ0) is 22.0. The Hall–Kier alpha value is -3.98. The number of benzene rings is 2. The topological polar surface area (TPSA) is 97.3 Å². The van der Waals surface area contributed by atoms with E-state index in [9.17, 15) is 14.3 Å². The van der Waals surface area contributed by atoms with Crippen LogP contribution >= 0.6 is 11.6 Å². The Labute approximate surface area is 181 Å². The third-order valence-electron chi connectivity index (χ3n) is 4.41. The predicted octanol–water partition coefficient (Wildman–Crippen LogP) is 3.63. The standard InChI is InChI=1S/C21H16ClFN6O2/c1-13-17(20(22)29(26-13)16-9-7-14(23)8-10-16)11-24-25-21(31)19-18(30)12-28(27-19)15-5-3-2-4-6-15/h2-12,30H,1H3,(H,25,31)/b24-11+. The largest absolute Gasteiger partial charge is 0.504 e. The third kappa shape index (κ3) is 4.17. The van der Waals surface area contributed by atoms with E-state index < -0.39 is 5.91 Å². The Morgan fingerprint density at radius 2 is 1.84 bits per heavy atom. The van der Waals surface area contributed by atoms with Gasteiger partial charge in [0.15, 0.2) is 11.4 Å². The van der Waals surface area contributed by atoms with E-state index in [1.54, 1.807) is 31.2 Å². The average molecular weight is 439 g/mol. The van der Waals surface area contributed by atoms with Crippen LogP contribution in [0.1, 0.15) is 21.7 Å². The van der Waals surface area contributed by atoms with Crippen molar-refractivity contribution in [3.05, 3.63) is 88.7 Å². The predicted molar refractivity (Wildman–Crippen MR) is 114 cm³/mol. The first-order valence-electron chi connectivity index (χ1n) is 9.12. The zero-order valence-corrected chi connectivity index (χ0v) is 17.0. The monoisotopic (exact) mass is 438 g/mol. The van der Waals surface area contributed by atoms with Gasteiger partial charge in [0.2, 0.25) is 0 Å². The SMILES string of the molecule is Cc1nn(-c2ccc(F)cc2)c(Cl)c1/C=N/NC(=O)c1nn(-c2ccccc2)cc1O. The molecule has 0 fully saturated rings. The van der Waals surface area contributed by atoms with E-state index in [0.29, 0.717) is 22.6 Å². The fourth-order valence-corrected chi connectivity index (χ4v) is 3.18. The molecule has 156 valence electrons. The van der Waals surface area contributed by atoms with Crippen molar-refractivity contribution in [1.29, 1.82) is 0 Å². The molecule has 0 aliphatic heterocycles. The molecule has 2 N–H and O–H groups in total. The summed E-state index contributed by atoms with van der Waals surface area (Å²) in [6.07, 6.45) is 2.68. The van der Waals surface area contributed by atoms with Gasteiger partial charge in [0.1, 0.15) is 11.0 Å². The molecule has 0 spiro atoms. The van der Waals surface area contributed by atoms with E-state index in [1.807, 2.05) is 18.2 Å². The highest BCUT2D eigenvalue weighted by Gasteiger charge is 2.17. The molecule has 0 atom stereocenters. The normalized spacial score (nSPS) is 11.2. The fraction of sp³-hybridized carbons (Fsp3) is 0.0476. The highest BCUT2D eigenvalue weighted by atomic mass is 35.5. The van der Waals surface area contributed by atoms with Gasteiger partial charge in [0.05, 0.1) is 35.0 Å². The summed E-state index contributed by atoms with van der Waals surface area (Å²) in [5, 5.41) is 22.6. The van der Waals surface area contributed by atoms with Crippen LogP contribution < -0.4 is 5.43 Å². The lowest BCUT2D eigenvalue weighted by Gasteiger charge is -2.02. The second kappa shape index (κ2) is 8.41. The minimum atomic E-state index is -0.692. The number of aromatic nitrogens is 4. The minimum absolute atomic E-state index is 0.175. The van der Waals surface area contributed by atoms with Gasteiger partial charge in [-0.15, -0.1) is 0 Å². The molecule has 4 aromatic rings. The van der Waals surface area contributed by atoms with Crippen LogP contribution in [0.4, 0.5) is 4.39 Å². The summed E-state index contributed by atoms with van der Waals surface area (Å²) in [5.41, 5.74) is 4.44. The molecule has 31 heavy (non-hydrogen) atoms. The lowest BCUT2D eigenvalue weighted by atomic mass is 10.3. The number of hydrazone groups is 1. The van der Waals surface area contributed by atoms with E-state index in [4.69, 9.17) is 11.6 Å². The summed E-state index contributed by atoms with van der Waals surface area (Å²) < 4.78 is 16.0. The van der Waals surface area contributed by atoms with Gasteiger partial charge in [-0.3, -0.25) is 4.79 Å². The van der Waals surface area contributed by atoms with Gasteiger partial charge in [-0.25, -0.2) is 19.2 Å². The highest BCUT2D eigenvalue weighted by Crippen LogP contribution is 2.22. The van der Waals surface area contributed by atoms with E-state index in [1.165, 1.54) is 33.9 Å². The van der Waals surface area contributed by atoms with Gasteiger partial charge in [-0.2, -0.15) is 15.3 Å². The molecule has 2 aromatic heterocycles. The van der Waals surface area contributed by atoms with E-state index in [2.05, 4.69) is 20.7 Å². The molecule has 0 saturated heterocycles. The van der Waals surface area contributed by atoms with Gasteiger partial charge in [-0.1, -0.05) is 29.8 Å². The van der Waals surface area contributed by atoms with Crippen LogP contribution in [0, 0.1) is 12.7 Å². The fourth-order valence-electron chi connectivity index (χ4n) is 2.86. The number of carbonyl (C=O) groups excluding carboxylic acids is 1. The van der Waals surface area contributed by atoms with Crippen molar-refractivity contribution in [3.8, 4) is 17.1 Å². The maximum atomic E-state index is 13.1. The van der Waals surface area contributed by atoms with E-state index in [-0.39, 0.29) is 22.4 Å². The quantitative estimate of drug-likeness (QED) is 0.367. The van der Waals surface area contributed by atoms with Gasteiger partial charge in [0.25, 0.3) is 5.91 Å². The summed E-state index contributed by atoms with van der Waals surface area (Å²) in [6.45, 7) is 1.72. The van der Waals surface area contributed by atoms with Crippen molar-refractivity contribution in [2.45, 2.75) is 6.92 Å². The number of nitrogens with one attached hydrogen (secondary N) is 1. The molecular formula is C21H16ClFN6O2. The zero-order valence-electron chi connectivity index (χ0n) is 16.2. The Bertz CT molecular complexity index is 1270. The number of aryl methyl sites for hydroxylation is 1. The molecule has 1 amide bonds. The molecule has 0 bridgehead atoms. The summed E-state index contributed by atoms with van der Waals surface area (Å²) in [7, 11) is 0. The van der Waals surface area contributed by atoms with Gasteiger partial charge < -0.3 is 5.11 Å². The van der Waals surface area contributed by atoms with Crippen LogP contribution in [0.25, 0.3) is 11.4 Å². The number of hydrogen-bond acceptors (Lipinski definition) is 5. The van der Waals surface area contributed by atoms with Crippen molar-refractivity contribution in [2.24, 2.45) is 5.10 Å². The minimum Gasteiger partial charge on any atom is -0.504 e. The molecule has 0 aliphatic carbocycles. The second-order valence-corrected chi connectivity index (χ2v) is 6.88. The molecule has 4 rings (SSSR count). The maximum Gasteiger partial charge on any atom is 0.295 e. The molecule has 0 saturated carbocycles. The lowest BCUT2D eigenvalue weighted by molar-refractivity contribution is 0.0947. The Kier molecular flexibility index (Phi) is 5.50. The number of rotatable bonds is 5. The average Bonchev–Trinajstić information content (AvgIpc) is 3.29. The van der Waals surface area contributed by atoms with E-state index >= 15 is 0 Å². The number of carbonyl (C=O) groups is 1. The summed E-state index contributed by atoms with van der Waals surface area (Å²) in [5.74, 6) is -1.34. The number of halogens is 2. The molecule has 2 aromatic carbocycles. The molecule has 0 aliphatic rings. The maximum absolute atomic E-state index is 13.1. The Balaban J connectivity index is 1.51. The summed E-state index contributed by atoms with van der Waals surface area (Å²) >= 11 is 6.38. The van der Waals surface area contributed by atoms with Crippen molar-refractivity contribution in [1.82, 2.24) is 25.0 Å². The van der Waals surface area contributed by atoms with E-state index in [0.717, 1.165) is 0 Å². The second-order valence-electron chi connectivity index (χ2n) is 6.52. The van der Waals surface area contributed by atoms with Crippen LogP contribution in [0.3, 0.4) is 0 Å². The van der Waals surface area contributed by atoms with Crippen LogP contribution in [0.15, 0.2) is 65.9 Å². The first-order valence-corrected chi connectivity index (χ1v) is 9.50. The van der Waals surface area contributed by atoms with Crippen molar-refractivity contribution < 1.29 is 14.3 Å². The van der Waals surface area contributed by atoms with Gasteiger partial charge in [-0.05, 0) is 43.3 Å². The molecule has 0 unspecified atom stereocenters. The van der Waals surface area contributed by atoms with Crippen LogP contribution in [0.2, 0.25) is 5.15 Å². The van der Waals surface area contributed by atoms with Crippen molar-refractivity contribution in [2.75, 3.05) is 0 Å². The molecule has 2 heterocycles. The number of para-hydroxylation sites is 1. The lowest BCUT2D eigenvalue weighted by Crippen LogP contribution is -2.18.